The Hall–Kier alpha value is -0.0800. The fourth-order valence-corrected chi connectivity index (χ4v) is 1.51. The van der Waals surface area contributed by atoms with Gasteiger partial charge in [0.1, 0.15) is 0 Å². The molecule has 1 saturated heterocycles. The van der Waals surface area contributed by atoms with Crippen LogP contribution in [0.3, 0.4) is 0 Å². The topological polar surface area (TPSA) is 32.3 Å². The van der Waals surface area contributed by atoms with E-state index in [0.717, 1.165) is 19.5 Å². The fourth-order valence-electron chi connectivity index (χ4n) is 1.51. The van der Waals surface area contributed by atoms with Crippen LogP contribution in [0.25, 0.3) is 0 Å². The molecule has 1 rings (SSSR count). The first-order chi connectivity index (χ1) is 4.72. The normalized spacial score (nSPS) is 29.4. The Labute approximate surface area is 62.6 Å². The van der Waals surface area contributed by atoms with Gasteiger partial charge in [-0.1, -0.05) is 13.8 Å². The minimum Gasteiger partial charge on any atom is -0.393 e. The van der Waals surface area contributed by atoms with Crippen LogP contribution in [0.5, 0.6) is 0 Å². The van der Waals surface area contributed by atoms with E-state index in [4.69, 9.17) is 0 Å². The molecule has 2 heteroatoms. The van der Waals surface area contributed by atoms with E-state index in [1.54, 1.807) is 0 Å². The number of aliphatic hydroxyl groups excluding tert-OH is 1. The summed E-state index contributed by atoms with van der Waals surface area (Å²) in [6.45, 7) is 6.22. The van der Waals surface area contributed by atoms with Gasteiger partial charge in [-0.15, -0.1) is 0 Å². The minimum atomic E-state index is -0.102. The van der Waals surface area contributed by atoms with Gasteiger partial charge in [0.15, 0.2) is 0 Å². The first kappa shape index (κ1) is 8.02. The molecular formula is C8H17NO. The maximum Gasteiger partial charge on any atom is 0.0603 e. The van der Waals surface area contributed by atoms with Crippen LogP contribution in [-0.2, 0) is 0 Å². The molecule has 1 aliphatic rings. The standard InChI is InChI=1S/C8H17NO/c1-6(2)8(10)7-3-4-9-5-7/h6-10H,3-5H2,1-2H3/t7-,8+/m0/s1. The Morgan fingerprint density at radius 3 is 2.60 bits per heavy atom. The lowest BCUT2D eigenvalue weighted by Gasteiger charge is -2.20. The van der Waals surface area contributed by atoms with E-state index in [1.807, 2.05) is 0 Å². The number of nitrogens with one attached hydrogen (secondary N) is 1. The summed E-state index contributed by atoms with van der Waals surface area (Å²) in [6.07, 6.45) is 1.04. The molecule has 2 atom stereocenters. The van der Waals surface area contributed by atoms with E-state index in [-0.39, 0.29) is 6.10 Å². The fraction of sp³-hybridized carbons (Fsp3) is 1.00. The van der Waals surface area contributed by atoms with Crippen molar-refractivity contribution in [2.45, 2.75) is 26.4 Å². The van der Waals surface area contributed by atoms with E-state index < -0.39 is 0 Å². The molecule has 1 aliphatic heterocycles. The van der Waals surface area contributed by atoms with E-state index in [2.05, 4.69) is 19.2 Å². The average Bonchev–Trinajstić information content (AvgIpc) is 2.36. The van der Waals surface area contributed by atoms with Crippen molar-refractivity contribution in [1.29, 1.82) is 0 Å². The Bertz CT molecular complexity index is 97.4. The maximum absolute atomic E-state index is 9.59. The molecule has 0 aliphatic carbocycles. The molecule has 10 heavy (non-hydrogen) atoms. The van der Waals surface area contributed by atoms with Gasteiger partial charge in [0.2, 0.25) is 0 Å². The van der Waals surface area contributed by atoms with Crippen molar-refractivity contribution in [1.82, 2.24) is 5.32 Å². The van der Waals surface area contributed by atoms with Gasteiger partial charge in [0.05, 0.1) is 6.10 Å². The molecule has 1 fully saturated rings. The zero-order valence-electron chi connectivity index (χ0n) is 6.80. The highest BCUT2D eigenvalue weighted by atomic mass is 16.3. The van der Waals surface area contributed by atoms with Crippen LogP contribution in [0.4, 0.5) is 0 Å². The van der Waals surface area contributed by atoms with Crippen LogP contribution in [-0.4, -0.2) is 24.3 Å². The van der Waals surface area contributed by atoms with Gasteiger partial charge in [-0.05, 0) is 24.8 Å². The number of hydrogen-bond acceptors (Lipinski definition) is 2. The number of aliphatic hydroxyl groups is 1. The Morgan fingerprint density at radius 2 is 2.20 bits per heavy atom. The van der Waals surface area contributed by atoms with Crippen LogP contribution in [0.2, 0.25) is 0 Å². The summed E-state index contributed by atoms with van der Waals surface area (Å²) < 4.78 is 0. The van der Waals surface area contributed by atoms with Gasteiger partial charge in [-0.2, -0.15) is 0 Å². The van der Waals surface area contributed by atoms with Gasteiger partial charge < -0.3 is 10.4 Å². The first-order valence-corrected chi connectivity index (χ1v) is 4.10. The SMILES string of the molecule is CC(C)[C@@H](O)[C@H]1CCNC1. The molecule has 0 aromatic heterocycles. The second-order valence-corrected chi connectivity index (χ2v) is 3.49. The molecule has 0 spiro atoms. The molecular weight excluding hydrogens is 126 g/mol. The molecule has 0 radical (unpaired) electrons. The quantitative estimate of drug-likeness (QED) is 0.593. The molecule has 0 aromatic rings. The monoisotopic (exact) mass is 143 g/mol. The third-order valence-electron chi connectivity index (χ3n) is 2.26. The van der Waals surface area contributed by atoms with Crippen molar-refractivity contribution < 1.29 is 5.11 Å². The molecule has 60 valence electrons. The molecule has 2 N–H and O–H groups in total. The zero-order valence-corrected chi connectivity index (χ0v) is 6.80. The molecule has 0 aromatic carbocycles. The molecule has 0 bridgehead atoms. The van der Waals surface area contributed by atoms with Crippen molar-refractivity contribution in [3.63, 3.8) is 0 Å². The van der Waals surface area contributed by atoms with Crippen LogP contribution >= 0.6 is 0 Å². The van der Waals surface area contributed by atoms with E-state index >= 15 is 0 Å². The third kappa shape index (κ3) is 1.70. The lowest BCUT2D eigenvalue weighted by Crippen LogP contribution is -2.27. The van der Waals surface area contributed by atoms with Gasteiger partial charge >= 0.3 is 0 Å². The summed E-state index contributed by atoms with van der Waals surface area (Å²) in [4.78, 5) is 0. The maximum atomic E-state index is 9.59. The highest BCUT2D eigenvalue weighted by Gasteiger charge is 2.24. The lowest BCUT2D eigenvalue weighted by molar-refractivity contribution is 0.0729. The lowest BCUT2D eigenvalue weighted by atomic mass is 9.93. The molecule has 2 nitrogen and oxygen atoms in total. The summed E-state index contributed by atoms with van der Waals surface area (Å²) >= 11 is 0. The van der Waals surface area contributed by atoms with Gasteiger partial charge in [-0.3, -0.25) is 0 Å². The summed E-state index contributed by atoms with van der Waals surface area (Å²) in [7, 11) is 0. The predicted molar refractivity (Wildman–Crippen MR) is 41.8 cm³/mol. The molecule has 0 unspecified atom stereocenters. The smallest absolute Gasteiger partial charge is 0.0603 e. The second-order valence-electron chi connectivity index (χ2n) is 3.49. The van der Waals surface area contributed by atoms with Crippen molar-refractivity contribution >= 4 is 0 Å². The second kappa shape index (κ2) is 3.35. The van der Waals surface area contributed by atoms with E-state index in [1.165, 1.54) is 0 Å². The average molecular weight is 143 g/mol. The van der Waals surface area contributed by atoms with Crippen LogP contribution < -0.4 is 5.32 Å². The van der Waals surface area contributed by atoms with Gasteiger partial charge in [0.25, 0.3) is 0 Å². The van der Waals surface area contributed by atoms with E-state index in [0.29, 0.717) is 11.8 Å². The Balaban J connectivity index is 2.32. The Morgan fingerprint density at radius 1 is 1.50 bits per heavy atom. The van der Waals surface area contributed by atoms with Crippen LogP contribution in [0.15, 0.2) is 0 Å². The number of rotatable bonds is 2. The summed E-state index contributed by atoms with van der Waals surface area (Å²) in [5, 5.41) is 12.8. The van der Waals surface area contributed by atoms with Crippen molar-refractivity contribution in [3.05, 3.63) is 0 Å². The summed E-state index contributed by atoms with van der Waals surface area (Å²) in [5.74, 6) is 0.907. The van der Waals surface area contributed by atoms with E-state index in [9.17, 15) is 5.11 Å². The van der Waals surface area contributed by atoms with Crippen molar-refractivity contribution in [2.75, 3.05) is 13.1 Å². The molecule has 1 heterocycles. The molecule has 0 saturated carbocycles. The van der Waals surface area contributed by atoms with Crippen molar-refractivity contribution in [2.24, 2.45) is 11.8 Å². The number of hydrogen-bond donors (Lipinski definition) is 2. The Kier molecular flexibility index (Phi) is 2.69. The first-order valence-electron chi connectivity index (χ1n) is 4.10. The van der Waals surface area contributed by atoms with Gasteiger partial charge in [-0.25, -0.2) is 0 Å². The minimum absolute atomic E-state index is 0.102. The highest BCUT2D eigenvalue weighted by Crippen LogP contribution is 2.18. The summed E-state index contributed by atoms with van der Waals surface area (Å²) in [5.41, 5.74) is 0. The summed E-state index contributed by atoms with van der Waals surface area (Å²) in [6, 6.07) is 0. The third-order valence-corrected chi connectivity index (χ3v) is 2.26. The predicted octanol–water partition coefficient (Wildman–Crippen LogP) is 0.613. The largest absolute Gasteiger partial charge is 0.393 e. The van der Waals surface area contributed by atoms with Crippen LogP contribution in [0, 0.1) is 11.8 Å². The molecule has 0 amide bonds. The van der Waals surface area contributed by atoms with Gasteiger partial charge in [0, 0.05) is 6.54 Å². The van der Waals surface area contributed by atoms with Crippen LogP contribution in [0.1, 0.15) is 20.3 Å². The highest BCUT2D eigenvalue weighted by molar-refractivity contribution is 4.79. The zero-order chi connectivity index (χ0) is 7.56. The van der Waals surface area contributed by atoms with Crippen molar-refractivity contribution in [3.8, 4) is 0 Å².